The fourth-order valence-corrected chi connectivity index (χ4v) is 3.47. The number of fused-ring (bicyclic) bond motifs is 1. The molecule has 0 bridgehead atoms. The number of hydrogen-bond donors (Lipinski definition) is 0. The number of carbonyl (C=O) groups excluding carboxylic acids is 1. The van der Waals surface area contributed by atoms with Crippen molar-refractivity contribution in [1.82, 2.24) is 0 Å². The summed E-state index contributed by atoms with van der Waals surface area (Å²) in [5.41, 5.74) is -0.910. The molecule has 0 aromatic heterocycles. The maximum atomic E-state index is 12.8. The van der Waals surface area contributed by atoms with Gasteiger partial charge in [0.1, 0.15) is 5.60 Å². The van der Waals surface area contributed by atoms with E-state index in [1.165, 1.54) is 13.8 Å². The van der Waals surface area contributed by atoms with Crippen LogP contribution in [0.25, 0.3) is 0 Å². The topological polar surface area (TPSA) is 44.8 Å². The Labute approximate surface area is 156 Å². The Kier molecular flexibility index (Phi) is 4.91. The van der Waals surface area contributed by atoms with Gasteiger partial charge in [0.2, 0.25) is 0 Å². The van der Waals surface area contributed by atoms with E-state index in [1.807, 2.05) is 0 Å². The molecule has 1 fully saturated rings. The third-order valence-electron chi connectivity index (χ3n) is 5.06. The molecule has 1 aliphatic carbocycles. The van der Waals surface area contributed by atoms with Gasteiger partial charge < -0.3 is 14.2 Å². The van der Waals surface area contributed by atoms with Gasteiger partial charge in [0.15, 0.2) is 11.5 Å². The number of esters is 1. The molecular formula is C20H23F3O4. The number of benzene rings is 1. The summed E-state index contributed by atoms with van der Waals surface area (Å²) in [5.74, 6) is -0.369. The van der Waals surface area contributed by atoms with E-state index in [-0.39, 0.29) is 5.57 Å². The van der Waals surface area contributed by atoms with Crippen LogP contribution in [-0.2, 0) is 15.1 Å². The van der Waals surface area contributed by atoms with Gasteiger partial charge in [-0.05, 0) is 50.8 Å². The maximum absolute atomic E-state index is 12.8. The van der Waals surface area contributed by atoms with E-state index >= 15 is 0 Å². The molecule has 7 heteroatoms. The van der Waals surface area contributed by atoms with Gasteiger partial charge >= 0.3 is 12.1 Å². The molecule has 1 saturated carbocycles. The number of ether oxygens (including phenoxy) is 3. The van der Waals surface area contributed by atoms with E-state index in [0.29, 0.717) is 17.1 Å². The van der Waals surface area contributed by atoms with Gasteiger partial charge in [-0.2, -0.15) is 13.2 Å². The molecule has 4 nitrogen and oxygen atoms in total. The first-order valence-electron chi connectivity index (χ1n) is 9.00. The Balaban J connectivity index is 1.88. The molecule has 1 aromatic rings. The van der Waals surface area contributed by atoms with Gasteiger partial charge in [0, 0.05) is 24.8 Å². The SMILES string of the molecule is C=C(C)C(=O)OC(C)(CCC(F)(F)F)c1ccc2c(c1)OC1(CCCC1)O2. The first-order chi connectivity index (χ1) is 12.5. The second-order valence-electron chi connectivity index (χ2n) is 7.50. The molecule has 3 rings (SSSR count). The molecule has 27 heavy (non-hydrogen) atoms. The predicted molar refractivity (Wildman–Crippen MR) is 92.4 cm³/mol. The maximum Gasteiger partial charge on any atom is 0.389 e. The van der Waals surface area contributed by atoms with Gasteiger partial charge in [-0.15, -0.1) is 0 Å². The van der Waals surface area contributed by atoms with Crippen molar-refractivity contribution in [2.24, 2.45) is 0 Å². The van der Waals surface area contributed by atoms with Crippen LogP contribution in [0, 0.1) is 0 Å². The van der Waals surface area contributed by atoms with Crippen molar-refractivity contribution < 1.29 is 32.2 Å². The van der Waals surface area contributed by atoms with Crippen LogP contribution in [0.2, 0.25) is 0 Å². The minimum absolute atomic E-state index is 0.124. The summed E-state index contributed by atoms with van der Waals surface area (Å²) in [7, 11) is 0. The third kappa shape index (κ3) is 4.22. The lowest BCUT2D eigenvalue weighted by Gasteiger charge is -2.31. The Morgan fingerprint density at radius 3 is 2.41 bits per heavy atom. The fraction of sp³-hybridized carbons (Fsp3) is 0.550. The highest BCUT2D eigenvalue weighted by Crippen LogP contribution is 2.48. The van der Waals surface area contributed by atoms with E-state index < -0.39 is 36.4 Å². The summed E-state index contributed by atoms with van der Waals surface area (Å²) in [6.45, 7) is 6.44. The highest BCUT2D eigenvalue weighted by atomic mass is 19.4. The molecule has 0 radical (unpaired) electrons. The predicted octanol–water partition coefficient (Wildman–Crippen LogP) is 5.41. The quantitative estimate of drug-likeness (QED) is 0.503. The van der Waals surface area contributed by atoms with Gasteiger partial charge in [-0.25, -0.2) is 4.79 Å². The first-order valence-corrected chi connectivity index (χ1v) is 9.00. The summed E-state index contributed by atoms with van der Waals surface area (Å²) in [6.07, 6.45) is -2.30. The lowest BCUT2D eigenvalue weighted by Crippen LogP contribution is -2.34. The van der Waals surface area contributed by atoms with Gasteiger partial charge in [0.25, 0.3) is 5.79 Å². The Morgan fingerprint density at radius 2 is 1.81 bits per heavy atom. The Hall–Kier alpha value is -2.18. The molecule has 0 amide bonds. The average Bonchev–Trinajstić information content (AvgIpc) is 3.17. The molecule has 1 aromatic carbocycles. The molecule has 148 valence electrons. The largest absolute Gasteiger partial charge is 0.451 e. The molecule has 0 saturated heterocycles. The monoisotopic (exact) mass is 384 g/mol. The number of carbonyl (C=O) groups is 1. The van der Waals surface area contributed by atoms with Crippen molar-refractivity contribution in [3.8, 4) is 11.5 Å². The van der Waals surface area contributed by atoms with Crippen LogP contribution in [0.3, 0.4) is 0 Å². The molecule has 2 aliphatic rings. The number of halogens is 3. The zero-order valence-electron chi connectivity index (χ0n) is 15.4. The summed E-state index contributed by atoms with van der Waals surface area (Å²) < 4.78 is 55.8. The standard InChI is InChI=1S/C20H23F3O4/c1-13(2)17(24)27-18(3,10-11-20(21,22)23)14-6-7-15-16(12-14)26-19(25-15)8-4-5-9-19/h6-7,12H,1,4-5,8-11H2,2-3H3. The summed E-state index contributed by atoms with van der Waals surface area (Å²) in [5, 5.41) is 0. The van der Waals surface area contributed by atoms with Crippen molar-refractivity contribution in [3.63, 3.8) is 0 Å². The van der Waals surface area contributed by atoms with E-state index in [2.05, 4.69) is 6.58 Å². The van der Waals surface area contributed by atoms with Crippen molar-refractivity contribution in [2.45, 2.75) is 69.9 Å². The van der Waals surface area contributed by atoms with Crippen molar-refractivity contribution in [1.29, 1.82) is 0 Å². The van der Waals surface area contributed by atoms with E-state index in [1.54, 1.807) is 18.2 Å². The van der Waals surface area contributed by atoms with Crippen molar-refractivity contribution in [2.75, 3.05) is 0 Å². The van der Waals surface area contributed by atoms with Crippen LogP contribution >= 0.6 is 0 Å². The minimum Gasteiger partial charge on any atom is -0.451 e. The Morgan fingerprint density at radius 1 is 1.19 bits per heavy atom. The van der Waals surface area contributed by atoms with E-state index in [4.69, 9.17) is 14.2 Å². The van der Waals surface area contributed by atoms with Crippen LogP contribution in [0.15, 0.2) is 30.4 Å². The summed E-state index contributed by atoms with van der Waals surface area (Å²) >= 11 is 0. The van der Waals surface area contributed by atoms with Crippen LogP contribution in [0.1, 0.15) is 57.9 Å². The van der Waals surface area contributed by atoms with Crippen molar-refractivity contribution >= 4 is 5.97 Å². The molecule has 0 N–H and O–H groups in total. The zero-order valence-corrected chi connectivity index (χ0v) is 15.4. The van der Waals surface area contributed by atoms with Crippen LogP contribution in [0.5, 0.6) is 11.5 Å². The molecule has 1 aliphatic heterocycles. The smallest absolute Gasteiger partial charge is 0.389 e. The van der Waals surface area contributed by atoms with Gasteiger partial charge in [-0.3, -0.25) is 0 Å². The molecule has 1 unspecified atom stereocenters. The molecule has 1 spiro atoms. The van der Waals surface area contributed by atoms with Gasteiger partial charge in [0.05, 0.1) is 0 Å². The lowest BCUT2D eigenvalue weighted by molar-refractivity contribution is -0.167. The average molecular weight is 384 g/mol. The first kappa shape index (κ1) is 19.6. The second kappa shape index (κ2) is 6.77. The zero-order chi connectivity index (χ0) is 19.9. The number of hydrogen-bond acceptors (Lipinski definition) is 4. The molecule has 1 heterocycles. The number of rotatable bonds is 5. The van der Waals surface area contributed by atoms with Crippen LogP contribution in [0.4, 0.5) is 13.2 Å². The van der Waals surface area contributed by atoms with E-state index in [9.17, 15) is 18.0 Å². The Bertz CT molecular complexity index is 750. The fourth-order valence-electron chi connectivity index (χ4n) is 3.47. The normalized spacial score (nSPS) is 19.7. The van der Waals surface area contributed by atoms with Crippen molar-refractivity contribution in [3.05, 3.63) is 35.9 Å². The van der Waals surface area contributed by atoms with E-state index in [0.717, 1.165) is 25.7 Å². The molecule has 1 atom stereocenters. The molecular weight excluding hydrogens is 361 g/mol. The number of alkyl halides is 3. The van der Waals surface area contributed by atoms with Crippen LogP contribution < -0.4 is 9.47 Å². The lowest BCUT2D eigenvalue weighted by atomic mass is 9.90. The van der Waals surface area contributed by atoms with Gasteiger partial charge in [-0.1, -0.05) is 12.6 Å². The second-order valence-corrected chi connectivity index (χ2v) is 7.50. The van der Waals surface area contributed by atoms with Crippen LogP contribution in [-0.4, -0.2) is 17.9 Å². The highest BCUT2D eigenvalue weighted by molar-refractivity contribution is 5.87. The highest BCUT2D eigenvalue weighted by Gasteiger charge is 2.45. The summed E-state index contributed by atoms with van der Waals surface area (Å²) in [4.78, 5) is 12.0. The third-order valence-corrected chi connectivity index (χ3v) is 5.06. The minimum atomic E-state index is -4.36. The summed E-state index contributed by atoms with van der Waals surface area (Å²) in [6, 6.07) is 4.90.